The predicted octanol–water partition coefficient (Wildman–Crippen LogP) is 16.7. The van der Waals surface area contributed by atoms with E-state index in [0.717, 1.165) is 50.1 Å². The minimum absolute atomic E-state index is 0.101. The smallest absolute Gasteiger partial charge is 0.135 e. The zero-order chi connectivity index (χ0) is 41.7. The van der Waals surface area contributed by atoms with Crippen molar-refractivity contribution in [2.75, 3.05) is 4.90 Å². The molecule has 0 radical (unpaired) electrons. The maximum absolute atomic E-state index is 6.16. The van der Waals surface area contributed by atoms with Gasteiger partial charge in [-0.25, -0.2) is 0 Å². The Morgan fingerprint density at radius 1 is 0.306 bits per heavy atom. The largest absolute Gasteiger partial charge is 0.456 e. The second-order valence-corrected chi connectivity index (χ2v) is 18.2. The van der Waals surface area contributed by atoms with Gasteiger partial charge in [0.25, 0.3) is 0 Å². The molecule has 62 heavy (non-hydrogen) atoms. The van der Waals surface area contributed by atoms with E-state index in [0.29, 0.717) is 0 Å². The summed E-state index contributed by atoms with van der Waals surface area (Å²) in [5.74, 6) is 0. The SMILES string of the molecule is CC1(C)c2ccccc2-c2ccc(-c3cc(-c4ccc5c(c4)C(C)(C)c4ccccc4-5)cc(N(c4ccccc4)c4ccc(-c5ccc6oc7ccccc7c6c5)cc4)c3)cc21. The van der Waals surface area contributed by atoms with E-state index in [1.54, 1.807) is 0 Å². The molecule has 0 aliphatic heterocycles. The molecule has 2 aliphatic carbocycles. The molecular formula is C60H45NO. The number of benzene rings is 9. The van der Waals surface area contributed by atoms with Gasteiger partial charge in [0.1, 0.15) is 11.2 Å². The molecule has 12 rings (SSSR count). The van der Waals surface area contributed by atoms with Crippen molar-refractivity contribution in [1.29, 1.82) is 0 Å². The van der Waals surface area contributed by atoms with Crippen LogP contribution in [-0.4, -0.2) is 0 Å². The van der Waals surface area contributed by atoms with E-state index in [4.69, 9.17) is 4.42 Å². The molecule has 0 unspecified atom stereocenters. The fourth-order valence-corrected chi connectivity index (χ4v) is 10.6. The van der Waals surface area contributed by atoms with Gasteiger partial charge in [0.2, 0.25) is 0 Å². The van der Waals surface area contributed by atoms with Crippen LogP contribution in [0.15, 0.2) is 205 Å². The normalized spacial score (nSPS) is 14.1. The number of rotatable bonds is 6. The van der Waals surface area contributed by atoms with Crippen LogP contribution in [0, 0.1) is 0 Å². The third-order valence-electron chi connectivity index (χ3n) is 13.9. The summed E-state index contributed by atoms with van der Waals surface area (Å²) < 4.78 is 6.16. The monoisotopic (exact) mass is 795 g/mol. The van der Waals surface area contributed by atoms with Crippen LogP contribution in [0.5, 0.6) is 0 Å². The van der Waals surface area contributed by atoms with E-state index in [1.807, 2.05) is 12.1 Å². The Morgan fingerprint density at radius 3 is 1.40 bits per heavy atom. The lowest BCUT2D eigenvalue weighted by Crippen LogP contribution is -2.15. The van der Waals surface area contributed by atoms with Gasteiger partial charge in [-0.3, -0.25) is 0 Å². The van der Waals surface area contributed by atoms with Gasteiger partial charge in [-0.15, -0.1) is 0 Å². The van der Waals surface area contributed by atoms with Crippen LogP contribution < -0.4 is 4.90 Å². The molecule has 0 bridgehead atoms. The average Bonchev–Trinajstić information content (AvgIpc) is 3.88. The Hall–Kier alpha value is -7.42. The first-order valence-electron chi connectivity index (χ1n) is 21.7. The molecule has 296 valence electrons. The number of nitrogens with zero attached hydrogens (tertiary/aromatic N) is 1. The Balaban J connectivity index is 1.02. The lowest BCUT2D eigenvalue weighted by atomic mass is 9.81. The maximum atomic E-state index is 6.16. The van der Waals surface area contributed by atoms with E-state index >= 15 is 0 Å². The van der Waals surface area contributed by atoms with Gasteiger partial charge in [0.05, 0.1) is 0 Å². The second kappa shape index (κ2) is 13.5. The number of furan rings is 1. The first-order valence-corrected chi connectivity index (χ1v) is 21.7. The van der Waals surface area contributed by atoms with Crippen molar-refractivity contribution in [2.45, 2.75) is 38.5 Å². The third-order valence-corrected chi connectivity index (χ3v) is 13.9. The van der Waals surface area contributed by atoms with Crippen molar-refractivity contribution >= 4 is 39.0 Å². The van der Waals surface area contributed by atoms with Gasteiger partial charge in [0.15, 0.2) is 0 Å². The van der Waals surface area contributed by atoms with Crippen LogP contribution in [0.4, 0.5) is 17.1 Å². The standard InChI is InChI=1S/C60H45NO/c1-59(2)53-19-11-8-16-47(53)49-29-24-40(36-55(49)59)42-32-43(41-25-30-50-48-17-9-12-20-54(48)60(3,4)56(50)37-41)34-46(33-42)61(44-14-6-5-7-15-44)45-27-22-38(23-28-45)39-26-31-58-52(35-39)51-18-10-13-21-57(51)62-58/h5-37H,1-4H3. The van der Waals surface area contributed by atoms with Crippen molar-refractivity contribution in [2.24, 2.45) is 0 Å². The zero-order valence-electron chi connectivity index (χ0n) is 35.4. The number of anilines is 3. The molecule has 0 N–H and O–H groups in total. The predicted molar refractivity (Wildman–Crippen MR) is 260 cm³/mol. The van der Waals surface area contributed by atoms with Crippen molar-refractivity contribution in [1.82, 2.24) is 0 Å². The summed E-state index contributed by atoms with van der Waals surface area (Å²) in [6.07, 6.45) is 0. The molecule has 1 heterocycles. The third kappa shape index (κ3) is 5.56. The molecule has 10 aromatic rings. The average molecular weight is 796 g/mol. The molecule has 2 nitrogen and oxygen atoms in total. The summed E-state index contributed by atoms with van der Waals surface area (Å²) >= 11 is 0. The molecule has 0 saturated carbocycles. The molecule has 0 fully saturated rings. The summed E-state index contributed by atoms with van der Waals surface area (Å²) in [7, 11) is 0. The highest BCUT2D eigenvalue weighted by molar-refractivity contribution is 6.06. The second-order valence-electron chi connectivity index (χ2n) is 18.2. The van der Waals surface area contributed by atoms with E-state index in [9.17, 15) is 0 Å². The van der Waals surface area contributed by atoms with Gasteiger partial charge in [-0.05, 0) is 151 Å². The molecule has 2 aliphatic rings. The summed E-state index contributed by atoms with van der Waals surface area (Å²) in [4.78, 5) is 2.41. The van der Waals surface area contributed by atoms with E-state index in [-0.39, 0.29) is 10.8 Å². The van der Waals surface area contributed by atoms with Crippen LogP contribution in [0.2, 0.25) is 0 Å². The van der Waals surface area contributed by atoms with Gasteiger partial charge in [0, 0.05) is 38.7 Å². The number of hydrogen-bond donors (Lipinski definition) is 0. The highest BCUT2D eigenvalue weighted by Crippen LogP contribution is 2.52. The highest BCUT2D eigenvalue weighted by Gasteiger charge is 2.36. The molecule has 0 spiro atoms. The van der Waals surface area contributed by atoms with Crippen molar-refractivity contribution in [3.8, 4) is 55.6 Å². The molecule has 0 amide bonds. The van der Waals surface area contributed by atoms with Crippen LogP contribution >= 0.6 is 0 Å². The molecule has 0 saturated heterocycles. The quantitative estimate of drug-likeness (QED) is 0.167. The van der Waals surface area contributed by atoms with Crippen molar-refractivity contribution in [3.05, 3.63) is 222 Å². The summed E-state index contributed by atoms with van der Waals surface area (Å²) in [6.45, 7) is 9.46. The van der Waals surface area contributed by atoms with Crippen LogP contribution in [-0.2, 0) is 10.8 Å². The number of fused-ring (bicyclic) bond motifs is 9. The number of para-hydroxylation sites is 2. The summed E-state index contributed by atoms with van der Waals surface area (Å²) in [5, 5.41) is 2.27. The Morgan fingerprint density at radius 2 is 0.774 bits per heavy atom. The molecule has 0 atom stereocenters. The molecule has 9 aromatic carbocycles. The van der Waals surface area contributed by atoms with Crippen LogP contribution in [0.1, 0.15) is 49.9 Å². The maximum Gasteiger partial charge on any atom is 0.135 e. The van der Waals surface area contributed by atoms with Crippen LogP contribution in [0.25, 0.3) is 77.6 Å². The lowest BCUT2D eigenvalue weighted by Gasteiger charge is -2.27. The fourth-order valence-electron chi connectivity index (χ4n) is 10.6. The fraction of sp³-hybridized carbons (Fsp3) is 0.100. The van der Waals surface area contributed by atoms with E-state index in [2.05, 4.69) is 221 Å². The first-order chi connectivity index (χ1) is 30.2. The van der Waals surface area contributed by atoms with Gasteiger partial charge in [-0.1, -0.05) is 155 Å². The van der Waals surface area contributed by atoms with Crippen molar-refractivity contribution in [3.63, 3.8) is 0 Å². The topological polar surface area (TPSA) is 16.4 Å². The highest BCUT2D eigenvalue weighted by atomic mass is 16.3. The summed E-state index contributed by atoms with van der Waals surface area (Å²) in [5.41, 5.74) is 22.9. The molecular weight excluding hydrogens is 751 g/mol. The molecule has 2 heteroatoms. The van der Waals surface area contributed by atoms with Crippen LogP contribution in [0.3, 0.4) is 0 Å². The van der Waals surface area contributed by atoms with Gasteiger partial charge in [-0.2, -0.15) is 0 Å². The first kappa shape index (κ1) is 36.4. The lowest BCUT2D eigenvalue weighted by molar-refractivity contribution is 0.660. The Kier molecular flexibility index (Phi) is 7.96. The van der Waals surface area contributed by atoms with E-state index in [1.165, 1.54) is 66.8 Å². The minimum Gasteiger partial charge on any atom is -0.456 e. The molecule has 1 aromatic heterocycles. The Labute approximate surface area is 363 Å². The zero-order valence-corrected chi connectivity index (χ0v) is 35.4. The van der Waals surface area contributed by atoms with Crippen molar-refractivity contribution < 1.29 is 4.42 Å². The van der Waals surface area contributed by atoms with Gasteiger partial charge < -0.3 is 9.32 Å². The van der Waals surface area contributed by atoms with E-state index < -0.39 is 0 Å². The van der Waals surface area contributed by atoms with Gasteiger partial charge >= 0.3 is 0 Å². The number of hydrogen-bond acceptors (Lipinski definition) is 2. The summed E-state index contributed by atoms with van der Waals surface area (Å²) in [6, 6.07) is 73.8. The minimum atomic E-state index is -0.101. The Bertz CT molecular complexity index is 3280.